The third-order valence-corrected chi connectivity index (χ3v) is 12.8. The lowest BCUT2D eigenvalue weighted by Crippen LogP contribution is -2.10. The Morgan fingerprint density at radius 1 is 0.328 bits per heavy atom. The van der Waals surface area contributed by atoms with E-state index in [1.807, 2.05) is 18.2 Å². The molecule has 0 N–H and O–H groups in total. The third-order valence-electron chi connectivity index (χ3n) is 12.8. The molecule has 10 aromatic carbocycles. The second-order valence-electron chi connectivity index (χ2n) is 16.4. The molecule has 0 spiro atoms. The molecule has 4 heteroatoms. The van der Waals surface area contributed by atoms with Crippen LogP contribution in [0.15, 0.2) is 239 Å². The number of anilines is 3. The molecule has 0 fully saturated rings. The normalized spacial score (nSPS) is 11.8. The Labute approximate surface area is 369 Å². The second-order valence-corrected chi connectivity index (χ2v) is 16.4. The Morgan fingerprint density at radius 3 is 1.56 bits per heavy atom. The second kappa shape index (κ2) is 14.5. The lowest BCUT2D eigenvalue weighted by molar-refractivity contribution is 0.669. The van der Waals surface area contributed by atoms with E-state index in [1.54, 1.807) is 0 Å². The molecule has 0 radical (unpaired) electrons. The number of para-hydroxylation sites is 5. The lowest BCUT2D eigenvalue weighted by atomic mass is 9.98. The monoisotopic (exact) mass is 818 g/mol. The van der Waals surface area contributed by atoms with Crippen molar-refractivity contribution >= 4 is 82.7 Å². The molecule has 13 aromatic rings. The maximum absolute atomic E-state index is 6.95. The fourth-order valence-electron chi connectivity index (χ4n) is 9.86. The topological polar surface area (TPSA) is 34.5 Å². The zero-order chi connectivity index (χ0) is 42.1. The number of hydrogen-bond donors (Lipinski definition) is 0. The van der Waals surface area contributed by atoms with Gasteiger partial charge in [-0.3, -0.25) is 0 Å². The van der Waals surface area contributed by atoms with Crippen molar-refractivity contribution in [2.75, 3.05) is 4.90 Å². The number of aromatic nitrogens is 1. The Morgan fingerprint density at radius 2 is 0.844 bits per heavy atom. The van der Waals surface area contributed by atoms with Gasteiger partial charge in [0.1, 0.15) is 22.3 Å². The maximum Gasteiger partial charge on any atom is 0.145 e. The van der Waals surface area contributed by atoms with E-state index in [0.29, 0.717) is 0 Å². The van der Waals surface area contributed by atoms with Crippen LogP contribution in [0, 0.1) is 0 Å². The molecule has 0 saturated heterocycles. The molecule has 0 atom stereocenters. The molecule has 0 aliphatic rings. The van der Waals surface area contributed by atoms with Gasteiger partial charge in [0, 0.05) is 55.1 Å². The van der Waals surface area contributed by atoms with Gasteiger partial charge in [-0.1, -0.05) is 158 Å². The highest BCUT2D eigenvalue weighted by atomic mass is 16.3. The average Bonchev–Trinajstić information content (AvgIpc) is 4.05. The van der Waals surface area contributed by atoms with E-state index in [2.05, 4.69) is 222 Å². The first-order chi connectivity index (χ1) is 31.7. The highest BCUT2D eigenvalue weighted by Gasteiger charge is 2.23. The molecule has 3 aromatic heterocycles. The SMILES string of the molecule is c1ccc(-c2ccc(N(c3ccc(-c4cccc5c4oc4ccccc45)cc3)c3ccc(-c4cccc(-n5c6ccccc6c6ccccc65)c4)c4oc5ccccc5c34)cc2)cc1. The van der Waals surface area contributed by atoms with Crippen molar-refractivity contribution < 1.29 is 8.83 Å². The summed E-state index contributed by atoms with van der Waals surface area (Å²) < 4.78 is 15.8. The molecule has 4 nitrogen and oxygen atoms in total. The highest BCUT2D eigenvalue weighted by Crippen LogP contribution is 2.47. The van der Waals surface area contributed by atoms with Crippen LogP contribution >= 0.6 is 0 Å². The standard InChI is InChI=1S/C60H38N2O2/c1-2-14-39(15-3-1)40-28-32-43(33-29-40)61(44-34-30-41(31-35-44)46-22-13-23-51-50-20-6-10-26-56(50)63-59(46)51)55-37-36-47(60-58(55)52-21-7-11-27-57(52)64-60)42-16-12-17-45(38-42)62-53-24-8-4-18-48(53)49-19-5-9-25-54(49)62/h1-38H. The van der Waals surface area contributed by atoms with Gasteiger partial charge in [-0.15, -0.1) is 0 Å². The molecule has 0 aliphatic carbocycles. The maximum atomic E-state index is 6.95. The van der Waals surface area contributed by atoms with Crippen molar-refractivity contribution in [1.82, 2.24) is 4.57 Å². The van der Waals surface area contributed by atoms with E-state index < -0.39 is 0 Å². The molecular formula is C60H38N2O2. The minimum absolute atomic E-state index is 0.845. The Hall–Kier alpha value is -8.60. The summed E-state index contributed by atoms with van der Waals surface area (Å²) in [4.78, 5) is 2.36. The first-order valence-electron chi connectivity index (χ1n) is 21.7. The van der Waals surface area contributed by atoms with Crippen LogP contribution in [0.5, 0.6) is 0 Å². The summed E-state index contributed by atoms with van der Waals surface area (Å²) in [5.41, 5.74) is 16.7. The fraction of sp³-hybridized carbons (Fsp3) is 0. The first-order valence-corrected chi connectivity index (χ1v) is 21.7. The van der Waals surface area contributed by atoms with Crippen LogP contribution in [0.2, 0.25) is 0 Å². The highest BCUT2D eigenvalue weighted by molar-refractivity contribution is 6.17. The van der Waals surface area contributed by atoms with Gasteiger partial charge < -0.3 is 18.3 Å². The number of fused-ring (bicyclic) bond motifs is 9. The van der Waals surface area contributed by atoms with Gasteiger partial charge in [0.15, 0.2) is 0 Å². The predicted octanol–water partition coefficient (Wildman–Crippen LogP) is 17.1. The lowest BCUT2D eigenvalue weighted by Gasteiger charge is -2.27. The zero-order valence-corrected chi connectivity index (χ0v) is 34.7. The summed E-state index contributed by atoms with van der Waals surface area (Å²) in [6.45, 7) is 0. The summed E-state index contributed by atoms with van der Waals surface area (Å²) in [5, 5.41) is 6.84. The van der Waals surface area contributed by atoms with Crippen molar-refractivity contribution in [3.8, 4) is 39.1 Å². The van der Waals surface area contributed by atoms with Crippen molar-refractivity contribution in [1.29, 1.82) is 0 Å². The van der Waals surface area contributed by atoms with Gasteiger partial charge >= 0.3 is 0 Å². The van der Waals surface area contributed by atoms with Gasteiger partial charge in [-0.2, -0.15) is 0 Å². The molecule has 0 unspecified atom stereocenters. The molecule has 64 heavy (non-hydrogen) atoms. The Bertz CT molecular complexity index is 3840. The number of benzene rings is 10. The molecule has 0 bridgehead atoms. The van der Waals surface area contributed by atoms with E-state index in [-0.39, 0.29) is 0 Å². The number of furan rings is 2. The van der Waals surface area contributed by atoms with Crippen molar-refractivity contribution in [2.45, 2.75) is 0 Å². The van der Waals surface area contributed by atoms with Gasteiger partial charge in [0.2, 0.25) is 0 Å². The number of rotatable bonds is 7. The van der Waals surface area contributed by atoms with Crippen LogP contribution in [0.3, 0.4) is 0 Å². The molecular weight excluding hydrogens is 781 g/mol. The summed E-state index contributed by atoms with van der Waals surface area (Å²) in [6, 6.07) is 82.0. The molecule has 300 valence electrons. The van der Waals surface area contributed by atoms with Gasteiger partial charge in [0.05, 0.1) is 22.1 Å². The van der Waals surface area contributed by atoms with Crippen molar-refractivity contribution in [3.05, 3.63) is 231 Å². The smallest absolute Gasteiger partial charge is 0.145 e. The van der Waals surface area contributed by atoms with E-state index in [0.717, 1.165) is 94.4 Å². The van der Waals surface area contributed by atoms with Crippen LogP contribution < -0.4 is 4.90 Å². The quantitative estimate of drug-likeness (QED) is 0.161. The molecule has 3 heterocycles. The largest absolute Gasteiger partial charge is 0.455 e. The molecule has 0 saturated carbocycles. The van der Waals surface area contributed by atoms with Crippen LogP contribution in [0.1, 0.15) is 0 Å². The summed E-state index contributed by atoms with van der Waals surface area (Å²) in [5.74, 6) is 0. The first kappa shape index (κ1) is 36.1. The van der Waals surface area contributed by atoms with E-state index in [1.165, 1.54) is 27.4 Å². The van der Waals surface area contributed by atoms with Crippen molar-refractivity contribution in [2.24, 2.45) is 0 Å². The van der Waals surface area contributed by atoms with Crippen LogP contribution in [-0.4, -0.2) is 4.57 Å². The third kappa shape index (κ3) is 5.70. The summed E-state index contributed by atoms with van der Waals surface area (Å²) in [6.07, 6.45) is 0. The van der Waals surface area contributed by atoms with Gasteiger partial charge in [0.25, 0.3) is 0 Å². The zero-order valence-electron chi connectivity index (χ0n) is 34.7. The number of nitrogens with zero attached hydrogens (tertiary/aromatic N) is 2. The molecule has 0 amide bonds. The summed E-state index contributed by atoms with van der Waals surface area (Å²) in [7, 11) is 0. The van der Waals surface area contributed by atoms with Gasteiger partial charge in [-0.25, -0.2) is 0 Å². The van der Waals surface area contributed by atoms with E-state index in [4.69, 9.17) is 8.83 Å². The molecule has 13 rings (SSSR count). The van der Waals surface area contributed by atoms with E-state index >= 15 is 0 Å². The predicted molar refractivity (Wildman–Crippen MR) is 266 cm³/mol. The fourth-order valence-corrected chi connectivity index (χ4v) is 9.86. The van der Waals surface area contributed by atoms with Crippen LogP contribution in [0.25, 0.3) is 105 Å². The average molecular weight is 819 g/mol. The minimum Gasteiger partial charge on any atom is -0.455 e. The summed E-state index contributed by atoms with van der Waals surface area (Å²) >= 11 is 0. The molecule has 0 aliphatic heterocycles. The minimum atomic E-state index is 0.845. The van der Waals surface area contributed by atoms with Gasteiger partial charge in [-0.05, 0) is 95.1 Å². The number of hydrogen-bond acceptors (Lipinski definition) is 3. The van der Waals surface area contributed by atoms with Crippen molar-refractivity contribution in [3.63, 3.8) is 0 Å². The Balaban J connectivity index is 0.991. The van der Waals surface area contributed by atoms with E-state index in [9.17, 15) is 0 Å². The van der Waals surface area contributed by atoms with Crippen LogP contribution in [0.4, 0.5) is 17.1 Å². The van der Waals surface area contributed by atoms with Crippen LogP contribution in [-0.2, 0) is 0 Å². The Kier molecular flexibility index (Phi) is 8.18.